The van der Waals surface area contributed by atoms with E-state index in [0.717, 1.165) is 5.56 Å². The van der Waals surface area contributed by atoms with Gasteiger partial charge in [0.15, 0.2) is 0 Å². The molecule has 1 aliphatic rings. The van der Waals surface area contributed by atoms with Crippen molar-refractivity contribution >= 4 is 17.9 Å². The van der Waals surface area contributed by atoms with Crippen molar-refractivity contribution in [2.75, 3.05) is 0 Å². The van der Waals surface area contributed by atoms with Gasteiger partial charge in [0.25, 0.3) is 0 Å². The van der Waals surface area contributed by atoms with E-state index >= 15 is 0 Å². The summed E-state index contributed by atoms with van der Waals surface area (Å²) in [4.78, 5) is 11.7. The van der Waals surface area contributed by atoms with Gasteiger partial charge in [0.1, 0.15) is 6.04 Å². The minimum absolute atomic E-state index is 0.255. The first-order valence-electron chi connectivity index (χ1n) is 9.47. The molecular formula is C23H21N2O3P. The number of nitrogens with zero attached hydrogens (tertiary/aromatic N) is 2. The van der Waals surface area contributed by atoms with Crippen molar-refractivity contribution in [1.82, 2.24) is 4.67 Å². The summed E-state index contributed by atoms with van der Waals surface area (Å²) >= 11 is 0. The Morgan fingerprint density at radius 1 is 0.828 bits per heavy atom. The topological polar surface area (TPSA) is 63.5 Å². The zero-order valence-corrected chi connectivity index (χ0v) is 16.6. The molecular weight excluding hydrogens is 383 g/mol. The summed E-state index contributed by atoms with van der Waals surface area (Å²) < 4.78 is 16.5. The van der Waals surface area contributed by atoms with E-state index < -0.39 is 19.4 Å². The van der Waals surface area contributed by atoms with E-state index in [1.54, 1.807) is 16.9 Å². The fourth-order valence-electron chi connectivity index (χ4n) is 3.88. The number of hydrogen-bond acceptors (Lipinski definition) is 3. The molecule has 0 saturated carbocycles. The molecule has 4 rings (SSSR count). The quantitative estimate of drug-likeness (QED) is 0.356. The maximum atomic E-state index is 14.8. The third-order valence-electron chi connectivity index (χ3n) is 5.23. The second-order valence-electron chi connectivity index (χ2n) is 6.96. The van der Waals surface area contributed by atoms with Crippen LogP contribution in [0.4, 0.5) is 0 Å². The molecule has 3 aromatic carbocycles. The first-order chi connectivity index (χ1) is 14.1. The van der Waals surface area contributed by atoms with Crippen molar-refractivity contribution in [2.45, 2.75) is 18.5 Å². The molecule has 0 saturated heterocycles. The Morgan fingerprint density at radius 2 is 1.31 bits per heavy atom. The monoisotopic (exact) mass is 404 g/mol. The Kier molecular flexibility index (Phi) is 5.32. The summed E-state index contributed by atoms with van der Waals surface area (Å²) in [6.45, 7) is 0. The summed E-state index contributed by atoms with van der Waals surface area (Å²) in [5, 5.41) is 13.2. The van der Waals surface area contributed by atoms with Crippen LogP contribution in [-0.4, -0.2) is 15.6 Å². The Morgan fingerprint density at radius 3 is 1.79 bits per heavy atom. The highest BCUT2D eigenvalue weighted by atomic mass is 31.2. The van der Waals surface area contributed by atoms with E-state index in [4.69, 9.17) is 0 Å². The molecule has 1 aliphatic heterocycles. The lowest BCUT2D eigenvalue weighted by atomic mass is 9.95. The summed E-state index contributed by atoms with van der Waals surface area (Å²) in [7, 11) is -3.36. The molecule has 29 heavy (non-hydrogen) atoms. The molecule has 1 heterocycles. The minimum Gasteiger partial charge on any atom is -0.308 e. The van der Waals surface area contributed by atoms with Gasteiger partial charge in [-0.3, -0.25) is 14.7 Å². The predicted octanol–water partition coefficient (Wildman–Crippen LogP) is 4.52. The number of benzene rings is 3. The maximum Gasteiger partial charge on any atom is 0.241 e. The van der Waals surface area contributed by atoms with Gasteiger partial charge in [0.2, 0.25) is 13.3 Å². The molecule has 0 aromatic heterocycles. The lowest BCUT2D eigenvalue weighted by molar-refractivity contribution is -0.530. The number of rotatable bonds is 5. The Bertz CT molecular complexity index is 1010. The predicted molar refractivity (Wildman–Crippen MR) is 115 cm³/mol. The Hall–Kier alpha value is -3.17. The SMILES string of the molecule is O=[N+]([O-])[C@@H]1CC=CN(P(=O)(c2ccccc2)c2ccccc2)[C@H]1c1ccccc1. The van der Waals surface area contributed by atoms with Gasteiger partial charge in [-0.05, 0) is 29.8 Å². The molecule has 6 heteroatoms. The molecule has 146 valence electrons. The molecule has 0 N–H and O–H groups in total. The lowest BCUT2D eigenvalue weighted by Crippen LogP contribution is -2.42. The fraction of sp³-hybridized carbons (Fsp3) is 0.130. The van der Waals surface area contributed by atoms with Crippen molar-refractivity contribution in [3.05, 3.63) is 119 Å². The van der Waals surface area contributed by atoms with Gasteiger partial charge in [0.05, 0.1) is 0 Å². The lowest BCUT2D eigenvalue weighted by Gasteiger charge is -2.40. The maximum absolute atomic E-state index is 14.8. The standard InChI is InChI=1S/C23H21N2O3P/c26-25(27)22-17-10-18-24(23(22)19-11-4-1-5-12-19)29(28,20-13-6-2-7-14-20)21-15-8-3-9-16-21/h1-16,18,22-23H,17H2/t22-,23+/m1/s1. The first kappa shape index (κ1) is 19.2. The van der Waals surface area contributed by atoms with Crippen LogP contribution >= 0.6 is 7.29 Å². The van der Waals surface area contributed by atoms with Crippen LogP contribution in [-0.2, 0) is 4.57 Å². The van der Waals surface area contributed by atoms with Gasteiger partial charge >= 0.3 is 0 Å². The highest BCUT2D eigenvalue weighted by Gasteiger charge is 2.46. The van der Waals surface area contributed by atoms with E-state index in [1.807, 2.05) is 91.0 Å². The van der Waals surface area contributed by atoms with E-state index in [-0.39, 0.29) is 4.92 Å². The molecule has 0 bridgehead atoms. The van der Waals surface area contributed by atoms with Crippen LogP contribution in [0.5, 0.6) is 0 Å². The van der Waals surface area contributed by atoms with Gasteiger partial charge in [-0.1, -0.05) is 72.8 Å². The molecule has 5 nitrogen and oxygen atoms in total. The van der Waals surface area contributed by atoms with Crippen LogP contribution in [0, 0.1) is 10.1 Å². The van der Waals surface area contributed by atoms with Gasteiger partial charge in [0, 0.05) is 28.2 Å². The van der Waals surface area contributed by atoms with Gasteiger partial charge in [-0.2, -0.15) is 0 Å². The van der Waals surface area contributed by atoms with Crippen LogP contribution in [0.1, 0.15) is 18.0 Å². The summed E-state index contributed by atoms with van der Waals surface area (Å²) in [5.74, 6) is 0. The van der Waals surface area contributed by atoms with E-state index in [9.17, 15) is 14.7 Å². The first-order valence-corrected chi connectivity index (χ1v) is 11.1. The molecule has 0 amide bonds. The molecule has 0 aliphatic carbocycles. The van der Waals surface area contributed by atoms with Crippen molar-refractivity contribution < 1.29 is 9.49 Å². The molecule has 3 aromatic rings. The fourth-order valence-corrected chi connectivity index (χ4v) is 6.78. The van der Waals surface area contributed by atoms with Crippen LogP contribution in [0.15, 0.2) is 103 Å². The zero-order chi connectivity index (χ0) is 20.3. The smallest absolute Gasteiger partial charge is 0.241 e. The molecule has 2 atom stereocenters. The average molecular weight is 404 g/mol. The molecule has 0 spiro atoms. The second-order valence-corrected chi connectivity index (χ2v) is 9.60. The largest absolute Gasteiger partial charge is 0.308 e. The van der Waals surface area contributed by atoms with Crippen molar-refractivity contribution in [3.63, 3.8) is 0 Å². The normalized spacial score (nSPS) is 19.1. The molecule has 0 radical (unpaired) electrons. The van der Waals surface area contributed by atoms with E-state index in [1.165, 1.54) is 0 Å². The highest BCUT2D eigenvalue weighted by Crippen LogP contribution is 2.54. The Labute approximate surface area is 169 Å². The van der Waals surface area contributed by atoms with Crippen LogP contribution in [0.25, 0.3) is 0 Å². The summed E-state index contributed by atoms with van der Waals surface area (Å²) in [6, 6.07) is 26.3. The molecule has 0 fully saturated rings. The van der Waals surface area contributed by atoms with E-state index in [0.29, 0.717) is 17.0 Å². The highest BCUT2D eigenvalue weighted by molar-refractivity contribution is 7.76. The summed E-state index contributed by atoms with van der Waals surface area (Å²) in [6.07, 6.45) is 3.83. The third-order valence-corrected chi connectivity index (χ3v) is 8.26. The van der Waals surface area contributed by atoms with Crippen LogP contribution in [0.3, 0.4) is 0 Å². The van der Waals surface area contributed by atoms with Crippen LogP contribution in [0.2, 0.25) is 0 Å². The second kappa shape index (κ2) is 8.06. The number of hydrogen-bond donors (Lipinski definition) is 0. The van der Waals surface area contributed by atoms with Gasteiger partial charge in [-0.15, -0.1) is 0 Å². The van der Waals surface area contributed by atoms with Gasteiger partial charge < -0.3 is 4.67 Å². The number of nitro groups is 1. The summed E-state index contributed by atoms with van der Waals surface area (Å²) in [5.41, 5.74) is 0.783. The average Bonchev–Trinajstić information content (AvgIpc) is 2.79. The van der Waals surface area contributed by atoms with E-state index in [2.05, 4.69) is 0 Å². The van der Waals surface area contributed by atoms with Gasteiger partial charge in [-0.25, -0.2) is 0 Å². The van der Waals surface area contributed by atoms with Crippen LogP contribution < -0.4 is 10.6 Å². The van der Waals surface area contributed by atoms with Crippen molar-refractivity contribution in [2.24, 2.45) is 0 Å². The molecule has 0 unspecified atom stereocenters. The zero-order valence-electron chi connectivity index (χ0n) is 15.7. The minimum atomic E-state index is -3.36. The third kappa shape index (κ3) is 3.50. The van der Waals surface area contributed by atoms with Crippen molar-refractivity contribution in [1.29, 1.82) is 0 Å². The Balaban J connectivity index is 1.95. The van der Waals surface area contributed by atoms with Crippen molar-refractivity contribution in [3.8, 4) is 0 Å².